The van der Waals surface area contributed by atoms with Gasteiger partial charge in [-0.2, -0.15) is 37.9 Å². The van der Waals surface area contributed by atoms with Gasteiger partial charge in [0.05, 0.1) is 19.8 Å². The molecule has 0 saturated carbocycles. The lowest BCUT2D eigenvalue weighted by Crippen LogP contribution is -2.02. The van der Waals surface area contributed by atoms with Crippen LogP contribution in [0.1, 0.15) is 57.8 Å². The van der Waals surface area contributed by atoms with Gasteiger partial charge in [-0.05, 0) is 75.0 Å². The van der Waals surface area contributed by atoms with Crippen molar-refractivity contribution in [1.29, 1.82) is 0 Å². The van der Waals surface area contributed by atoms with E-state index in [0.29, 0.717) is 19.8 Å². The Hall–Kier alpha value is -0.330. The van der Waals surface area contributed by atoms with Crippen molar-refractivity contribution < 1.29 is 14.2 Å². The Morgan fingerprint density at radius 1 is 0.444 bits per heavy atom. The van der Waals surface area contributed by atoms with E-state index in [2.05, 4.69) is 37.9 Å². The van der Waals surface area contributed by atoms with E-state index in [1.807, 2.05) is 18.2 Å². The van der Waals surface area contributed by atoms with Crippen LogP contribution in [-0.2, 0) is 0 Å². The van der Waals surface area contributed by atoms with Gasteiger partial charge in [0.2, 0.25) is 0 Å². The highest BCUT2D eigenvalue weighted by Crippen LogP contribution is 2.28. The lowest BCUT2D eigenvalue weighted by molar-refractivity contribution is 0.277. The summed E-state index contributed by atoms with van der Waals surface area (Å²) in [6.45, 7) is 2.13. The van der Waals surface area contributed by atoms with Crippen LogP contribution in [0.3, 0.4) is 0 Å². The number of benzene rings is 1. The number of ether oxygens (including phenoxy) is 3. The molecule has 0 spiro atoms. The normalized spacial score (nSPS) is 10.8. The molecule has 1 rings (SSSR count). The van der Waals surface area contributed by atoms with Crippen molar-refractivity contribution >= 4 is 37.9 Å². The molecule has 6 heteroatoms. The van der Waals surface area contributed by atoms with E-state index in [0.717, 1.165) is 92.3 Å². The van der Waals surface area contributed by atoms with E-state index in [9.17, 15) is 0 Å². The van der Waals surface area contributed by atoms with Crippen molar-refractivity contribution in [2.75, 3.05) is 37.1 Å². The summed E-state index contributed by atoms with van der Waals surface area (Å²) in [4.78, 5) is 0. The third kappa shape index (κ3) is 13.5. The van der Waals surface area contributed by atoms with Crippen LogP contribution in [0, 0.1) is 0 Å². The summed E-state index contributed by atoms with van der Waals surface area (Å²) in [5.74, 6) is 5.25. The Morgan fingerprint density at radius 3 is 1.00 bits per heavy atom. The van der Waals surface area contributed by atoms with Crippen molar-refractivity contribution in [1.82, 2.24) is 0 Å². The second-order valence-electron chi connectivity index (χ2n) is 6.54. The standard InChI is InChI=1S/C21H36O3S3/c25-13-7-1-4-10-22-19-16-20(23-11-5-2-8-14-26)18-21(17-19)24-12-6-3-9-15-27/h16-18,25-27H,1-15H2. The molecular formula is C21H36O3S3. The molecule has 0 bridgehead atoms. The minimum absolute atomic E-state index is 0.709. The van der Waals surface area contributed by atoms with Crippen LogP contribution in [0.25, 0.3) is 0 Å². The topological polar surface area (TPSA) is 27.7 Å². The SMILES string of the molecule is SCCCCCOc1cc(OCCCCCS)cc(OCCCCCS)c1. The molecule has 0 N–H and O–H groups in total. The van der Waals surface area contributed by atoms with Crippen molar-refractivity contribution in [3.05, 3.63) is 18.2 Å². The van der Waals surface area contributed by atoms with E-state index in [1.54, 1.807) is 0 Å². The summed E-state index contributed by atoms with van der Waals surface area (Å²) in [7, 11) is 0. The van der Waals surface area contributed by atoms with Crippen LogP contribution in [0.5, 0.6) is 17.2 Å². The molecule has 156 valence electrons. The molecule has 0 atom stereocenters. The summed E-state index contributed by atoms with van der Waals surface area (Å²) in [6.07, 6.45) is 9.91. The molecule has 1 aromatic rings. The minimum Gasteiger partial charge on any atom is -0.493 e. The van der Waals surface area contributed by atoms with Crippen LogP contribution in [0.2, 0.25) is 0 Å². The number of rotatable bonds is 18. The van der Waals surface area contributed by atoms with Gasteiger partial charge in [-0.1, -0.05) is 0 Å². The lowest BCUT2D eigenvalue weighted by Gasteiger charge is -2.13. The third-order valence-electron chi connectivity index (χ3n) is 4.07. The summed E-state index contributed by atoms with van der Waals surface area (Å²) >= 11 is 12.7. The van der Waals surface area contributed by atoms with E-state index >= 15 is 0 Å². The Kier molecular flexibility index (Phi) is 16.2. The highest BCUT2D eigenvalue weighted by molar-refractivity contribution is 7.80. The second kappa shape index (κ2) is 17.7. The Labute approximate surface area is 182 Å². The smallest absolute Gasteiger partial charge is 0.126 e. The van der Waals surface area contributed by atoms with Gasteiger partial charge in [0, 0.05) is 18.2 Å². The number of thiol groups is 3. The average Bonchev–Trinajstić information content (AvgIpc) is 2.67. The predicted octanol–water partition coefficient (Wildman–Crippen LogP) is 6.12. The van der Waals surface area contributed by atoms with Crippen LogP contribution in [0.4, 0.5) is 0 Å². The maximum Gasteiger partial charge on any atom is 0.126 e. The van der Waals surface area contributed by atoms with Crippen molar-refractivity contribution in [3.8, 4) is 17.2 Å². The summed E-state index contributed by atoms with van der Waals surface area (Å²) < 4.78 is 17.8. The second-order valence-corrected chi connectivity index (χ2v) is 7.88. The monoisotopic (exact) mass is 432 g/mol. The van der Waals surface area contributed by atoms with E-state index in [1.165, 1.54) is 0 Å². The number of hydrogen-bond acceptors (Lipinski definition) is 6. The molecule has 0 aromatic heterocycles. The Bertz CT molecular complexity index is 393. The first-order chi connectivity index (χ1) is 13.3. The first kappa shape index (κ1) is 24.7. The lowest BCUT2D eigenvalue weighted by atomic mass is 10.2. The molecule has 1 aromatic carbocycles. The zero-order valence-corrected chi connectivity index (χ0v) is 19.1. The predicted molar refractivity (Wildman–Crippen MR) is 126 cm³/mol. The highest BCUT2D eigenvalue weighted by atomic mass is 32.1. The largest absolute Gasteiger partial charge is 0.493 e. The fourth-order valence-electron chi connectivity index (χ4n) is 2.54. The van der Waals surface area contributed by atoms with Gasteiger partial charge in [-0.25, -0.2) is 0 Å². The van der Waals surface area contributed by atoms with Crippen molar-refractivity contribution in [2.45, 2.75) is 57.8 Å². The molecule has 27 heavy (non-hydrogen) atoms. The van der Waals surface area contributed by atoms with Crippen LogP contribution in [-0.4, -0.2) is 37.1 Å². The summed E-state index contributed by atoms with van der Waals surface area (Å²) in [6, 6.07) is 5.89. The molecule has 0 aliphatic heterocycles. The quantitative estimate of drug-likeness (QED) is 0.193. The van der Waals surface area contributed by atoms with Gasteiger partial charge in [-0.15, -0.1) is 0 Å². The molecule has 0 heterocycles. The molecule has 0 unspecified atom stereocenters. The van der Waals surface area contributed by atoms with Gasteiger partial charge in [0.1, 0.15) is 17.2 Å². The van der Waals surface area contributed by atoms with Crippen LogP contribution in [0.15, 0.2) is 18.2 Å². The average molecular weight is 433 g/mol. The van der Waals surface area contributed by atoms with Gasteiger partial charge in [-0.3, -0.25) is 0 Å². The molecular weight excluding hydrogens is 396 g/mol. The molecule has 3 nitrogen and oxygen atoms in total. The third-order valence-corrected chi connectivity index (χ3v) is 5.02. The van der Waals surface area contributed by atoms with Crippen LogP contribution < -0.4 is 14.2 Å². The van der Waals surface area contributed by atoms with Gasteiger partial charge < -0.3 is 14.2 Å². The Morgan fingerprint density at radius 2 is 0.741 bits per heavy atom. The fraction of sp³-hybridized carbons (Fsp3) is 0.714. The van der Waals surface area contributed by atoms with Gasteiger partial charge >= 0.3 is 0 Å². The van der Waals surface area contributed by atoms with Gasteiger partial charge in [0.15, 0.2) is 0 Å². The van der Waals surface area contributed by atoms with Gasteiger partial charge in [0.25, 0.3) is 0 Å². The van der Waals surface area contributed by atoms with Crippen LogP contribution >= 0.6 is 37.9 Å². The van der Waals surface area contributed by atoms with E-state index in [-0.39, 0.29) is 0 Å². The molecule has 0 amide bonds. The number of unbranched alkanes of at least 4 members (excludes halogenated alkanes) is 6. The zero-order chi connectivity index (χ0) is 19.6. The summed E-state index contributed by atoms with van der Waals surface area (Å²) in [5.41, 5.74) is 0. The van der Waals surface area contributed by atoms with Crippen molar-refractivity contribution in [3.63, 3.8) is 0 Å². The molecule has 0 aliphatic carbocycles. The highest BCUT2D eigenvalue weighted by Gasteiger charge is 2.05. The zero-order valence-electron chi connectivity index (χ0n) is 16.4. The molecule has 0 aliphatic rings. The molecule has 0 fully saturated rings. The minimum atomic E-state index is 0.709. The maximum atomic E-state index is 5.92. The first-order valence-corrected chi connectivity index (χ1v) is 12.1. The first-order valence-electron chi connectivity index (χ1n) is 10.2. The molecule has 0 saturated heterocycles. The van der Waals surface area contributed by atoms with E-state index in [4.69, 9.17) is 14.2 Å². The van der Waals surface area contributed by atoms with Crippen molar-refractivity contribution in [2.24, 2.45) is 0 Å². The Balaban J connectivity index is 2.52. The summed E-state index contributed by atoms with van der Waals surface area (Å²) in [5, 5.41) is 0. The maximum absolute atomic E-state index is 5.92. The fourth-order valence-corrected chi connectivity index (χ4v) is 3.21. The number of hydrogen-bond donors (Lipinski definition) is 3. The molecule has 0 radical (unpaired) electrons. The van der Waals surface area contributed by atoms with E-state index < -0.39 is 0 Å².